The molecule has 0 bridgehead atoms. The summed E-state index contributed by atoms with van der Waals surface area (Å²) in [6, 6.07) is 4.93. The largest absolute Gasteiger partial charge is 0.480 e. The van der Waals surface area contributed by atoms with Gasteiger partial charge in [0.25, 0.3) is 0 Å². The van der Waals surface area contributed by atoms with Crippen molar-refractivity contribution >= 4 is 29.6 Å². The van der Waals surface area contributed by atoms with Crippen LogP contribution in [-0.4, -0.2) is 40.8 Å². The van der Waals surface area contributed by atoms with Crippen molar-refractivity contribution in [2.75, 3.05) is 0 Å². The third kappa shape index (κ3) is 9.05. The molecular formula is C19H27ClN2O6. The standard InChI is InChI=1S/C19H27ClN2O6/c1-19(2,3)28-18(26)22-15(16(23)24)10-6-9-14(21)17(25)27-11-12-7-4-5-8-13(12)20/h4-5,7-8,14-15H,6,9-11,21H2,1-3H3,(H,22,26)(H,23,24)/t14?,15-/m0/s1. The summed E-state index contributed by atoms with van der Waals surface area (Å²) in [6.45, 7) is 5.03. The number of hydrogen-bond acceptors (Lipinski definition) is 6. The van der Waals surface area contributed by atoms with Crippen LogP contribution in [0.3, 0.4) is 0 Å². The lowest BCUT2D eigenvalue weighted by Gasteiger charge is -2.22. The average molecular weight is 415 g/mol. The topological polar surface area (TPSA) is 128 Å². The Morgan fingerprint density at radius 3 is 2.43 bits per heavy atom. The molecule has 0 aliphatic heterocycles. The van der Waals surface area contributed by atoms with Crippen LogP contribution in [0, 0.1) is 0 Å². The minimum atomic E-state index is -1.19. The highest BCUT2D eigenvalue weighted by Crippen LogP contribution is 2.16. The molecule has 0 saturated carbocycles. The molecule has 8 nitrogen and oxygen atoms in total. The molecule has 0 aromatic heterocycles. The molecule has 1 rings (SSSR count). The van der Waals surface area contributed by atoms with Crippen LogP contribution in [0.1, 0.15) is 45.6 Å². The first-order valence-electron chi connectivity index (χ1n) is 8.87. The van der Waals surface area contributed by atoms with Crippen molar-refractivity contribution in [2.24, 2.45) is 5.73 Å². The molecule has 0 aliphatic rings. The second-order valence-corrected chi connectivity index (χ2v) is 7.68. The zero-order valence-electron chi connectivity index (χ0n) is 16.2. The van der Waals surface area contributed by atoms with Crippen molar-refractivity contribution in [3.63, 3.8) is 0 Å². The number of amides is 1. The summed E-state index contributed by atoms with van der Waals surface area (Å²) in [5.74, 6) is -1.80. The first-order valence-corrected chi connectivity index (χ1v) is 9.25. The predicted molar refractivity (Wildman–Crippen MR) is 104 cm³/mol. The molecule has 0 aliphatic carbocycles. The summed E-state index contributed by atoms with van der Waals surface area (Å²) < 4.78 is 10.2. The predicted octanol–water partition coefficient (Wildman–Crippen LogP) is 2.86. The molecule has 1 aromatic carbocycles. The van der Waals surface area contributed by atoms with E-state index in [2.05, 4.69) is 5.32 Å². The third-order valence-corrected chi connectivity index (χ3v) is 4.00. The van der Waals surface area contributed by atoms with Crippen LogP contribution < -0.4 is 11.1 Å². The number of nitrogens with one attached hydrogen (secondary N) is 1. The molecule has 4 N–H and O–H groups in total. The lowest BCUT2D eigenvalue weighted by atomic mass is 10.1. The van der Waals surface area contributed by atoms with Gasteiger partial charge in [-0.2, -0.15) is 0 Å². The maximum absolute atomic E-state index is 12.0. The number of benzene rings is 1. The summed E-state index contributed by atoms with van der Waals surface area (Å²) in [4.78, 5) is 35.0. The van der Waals surface area contributed by atoms with Crippen LogP contribution in [0.5, 0.6) is 0 Å². The number of nitrogens with two attached hydrogens (primary N) is 1. The van der Waals surface area contributed by atoms with Crippen molar-refractivity contribution in [2.45, 2.75) is 64.3 Å². The zero-order valence-corrected chi connectivity index (χ0v) is 17.0. The number of alkyl carbamates (subject to hydrolysis) is 1. The van der Waals surface area contributed by atoms with Crippen molar-refractivity contribution in [1.82, 2.24) is 5.32 Å². The minimum Gasteiger partial charge on any atom is -0.480 e. The highest BCUT2D eigenvalue weighted by atomic mass is 35.5. The van der Waals surface area contributed by atoms with Gasteiger partial charge >= 0.3 is 18.0 Å². The van der Waals surface area contributed by atoms with Gasteiger partial charge in [-0.05, 0) is 46.1 Å². The first-order chi connectivity index (χ1) is 13.0. The fraction of sp³-hybridized carbons (Fsp3) is 0.526. The van der Waals surface area contributed by atoms with Crippen LogP contribution in [-0.2, 0) is 25.7 Å². The molecule has 2 atom stereocenters. The SMILES string of the molecule is CC(C)(C)OC(=O)N[C@@H](CCCC(N)C(=O)OCc1ccccc1Cl)C(=O)O. The maximum Gasteiger partial charge on any atom is 0.408 e. The Bertz CT molecular complexity index is 689. The molecule has 0 radical (unpaired) electrons. The Morgan fingerprint density at radius 2 is 1.86 bits per heavy atom. The Balaban J connectivity index is 2.41. The summed E-state index contributed by atoms with van der Waals surface area (Å²) >= 11 is 5.99. The summed E-state index contributed by atoms with van der Waals surface area (Å²) in [5, 5.41) is 12.0. The van der Waals surface area contributed by atoms with E-state index in [1.807, 2.05) is 0 Å². The van der Waals surface area contributed by atoms with E-state index in [0.717, 1.165) is 0 Å². The van der Waals surface area contributed by atoms with Crippen LogP contribution in [0.15, 0.2) is 24.3 Å². The number of aliphatic carboxylic acids is 1. The summed E-state index contributed by atoms with van der Waals surface area (Å²) in [6.07, 6.45) is -0.209. The molecule has 0 saturated heterocycles. The van der Waals surface area contributed by atoms with Crippen LogP contribution in [0.2, 0.25) is 5.02 Å². The quantitative estimate of drug-likeness (QED) is 0.530. The van der Waals surface area contributed by atoms with Gasteiger partial charge in [0.15, 0.2) is 0 Å². The van der Waals surface area contributed by atoms with Gasteiger partial charge in [0, 0.05) is 10.6 Å². The van der Waals surface area contributed by atoms with E-state index in [-0.39, 0.29) is 19.4 Å². The molecule has 9 heteroatoms. The van der Waals surface area contributed by atoms with E-state index >= 15 is 0 Å². The lowest BCUT2D eigenvalue weighted by molar-refractivity contribution is -0.146. The molecule has 28 heavy (non-hydrogen) atoms. The molecule has 0 spiro atoms. The molecule has 0 fully saturated rings. The van der Waals surface area contributed by atoms with Crippen LogP contribution in [0.4, 0.5) is 4.79 Å². The van der Waals surface area contributed by atoms with Gasteiger partial charge in [-0.1, -0.05) is 29.8 Å². The number of ether oxygens (including phenoxy) is 2. The van der Waals surface area contributed by atoms with Crippen LogP contribution in [0.25, 0.3) is 0 Å². The van der Waals surface area contributed by atoms with E-state index in [4.69, 9.17) is 26.8 Å². The number of hydrogen-bond donors (Lipinski definition) is 3. The highest BCUT2D eigenvalue weighted by Gasteiger charge is 2.24. The van der Waals surface area contributed by atoms with Crippen molar-refractivity contribution < 1.29 is 29.0 Å². The summed E-state index contributed by atoms with van der Waals surface area (Å²) in [5.41, 5.74) is 5.73. The number of esters is 1. The molecule has 1 unspecified atom stereocenters. The smallest absolute Gasteiger partial charge is 0.408 e. The van der Waals surface area contributed by atoms with Gasteiger partial charge in [0.1, 0.15) is 24.3 Å². The highest BCUT2D eigenvalue weighted by molar-refractivity contribution is 6.31. The van der Waals surface area contributed by atoms with E-state index in [1.54, 1.807) is 45.0 Å². The summed E-state index contributed by atoms with van der Waals surface area (Å²) in [7, 11) is 0. The Hall–Kier alpha value is -2.32. The fourth-order valence-electron chi connectivity index (χ4n) is 2.24. The second-order valence-electron chi connectivity index (χ2n) is 7.27. The maximum atomic E-state index is 12.0. The number of rotatable bonds is 9. The molecule has 156 valence electrons. The fourth-order valence-corrected chi connectivity index (χ4v) is 2.43. The van der Waals surface area contributed by atoms with Gasteiger partial charge in [0.05, 0.1) is 0 Å². The van der Waals surface area contributed by atoms with Crippen LogP contribution >= 0.6 is 11.6 Å². The van der Waals surface area contributed by atoms with Gasteiger partial charge < -0.3 is 25.6 Å². The average Bonchev–Trinajstić information content (AvgIpc) is 2.58. The number of halogens is 1. The number of carbonyl (C=O) groups is 3. The Kier molecular flexibility index (Phi) is 9.21. The Labute approximate surface area is 169 Å². The number of carboxylic acid groups (broad SMARTS) is 1. The number of carboxylic acids is 1. The van der Waals surface area contributed by atoms with Crippen molar-refractivity contribution in [3.05, 3.63) is 34.9 Å². The Morgan fingerprint density at radius 1 is 1.21 bits per heavy atom. The van der Waals surface area contributed by atoms with Crippen molar-refractivity contribution in [3.8, 4) is 0 Å². The normalized spacial score (nSPS) is 13.3. The van der Waals surface area contributed by atoms with E-state index < -0.39 is 35.7 Å². The monoisotopic (exact) mass is 414 g/mol. The minimum absolute atomic E-state index is 0.00412. The lowest BCUT2D eigenvalue weighted by Crippen LogP contribution is -2.43. The second kappa shape index (κ2) is 10.9. The van der Waals surface area contributed by atoms with E-state index in [1.165, 1.54) is 0 Å². The zero-order chi connectivity index (χ0) is 21.3. The van der Waals surface area contributed by atoms with Gasteiger partial charge in [-0.25, -0.2) is 9.59 Å². The van der Waals surface area contributed by atoms with Gasteiger partial charge in [-0.15, -0.1) is 0 Å². The molecule has 1 aromatic rings. The first kappa shape index (κ1) is 23.7. The number of carbonyl (C=O) groups excluding carboxylic acids is 2. The van der Waals surface area contributed by atoms with E-state index in [9.17, 15) is 19.5 Å². The molecule has 1 amide bonds. The van der Waals surface area contributed by atoms with Gasteiger partial charge in [0.2, 0.25) is 0 Å². The van der Waals surface area contributed by atoms with Crippen molar-refractivity contribution in [1.29, 1.82) is 0 Å². The third-order valence-electron chi connectivity index (χ3n) is 3.63. The van der Waals surface area contributed by atoms with Gasteiger partial charge in [-0.3, -0.25) is 4.79 Å². The molecular weight excluding hydrogens is 388 g/mol. The van der Waals surface area contributed by atoms with E-state index in [0.29, 0.717) is 17.0 Å². The molecule has 0 heterocycles.